The van der Waals surface area contributed by atoms with Crippen molar-refractivity contribution in [3.63, 3.8) is 0 Å². The van der Waals surface area contributed by atoms with Crippen LogP contribution in [0.3, 0.4) is 0 Å². The number of carbonyl (C=O) groups is 1. The summed E-state index contributed by atoms with van der Waals surface area (Å²) in [7, 11) is 0. The van der Waals surface area contributed by atoms with Gasteiger partial charge in [0, 0.05) is 10.9 Å². The molecule has 2 N–H and O–H groups in total. The number of carboxylic acid groups (broad SMARTS) is 1. The largest absolute Gasteiger partial charge is 0.478 e. The molecule has 0 amide bonds. The molecular formula is C12H12ClNO3S. The van der Waals surface area contributed by atoms with Crippen molar-refractivity contribution >= 4 is 28.9 Å². The molecule has 0 aliphatic rings. The van der Waals surface area contributed by atoms with Gasteiger partial charge < -0.3 is 14.8 Å². The Hall–Kier alpha value is -1.30. The number of hydrogen-bond donors (Lipinski definition) is 2. The molecule has 0 saturated carbocycles. The van der Waals surface area contributed by atoms with Gasteiger partial charge in [-0.05, 0) is 25.1 Å². The first kappa shape index (κ1) is 13.1. The standard InChI is InChI=1S/C12H12ClNO3S/c1-7(10-2-3-11(13)18-10)14-5-9-4-8(6-17-9)12(15)16/h2-4,6-7,14H,5H2,1H3,(H,15,16). The Morgan fingerprint density at radius 3 is 2.94 bits per heavy atom. The summed E-state index contributed by atoms with van der Waals surface area (Å²) in [6.45, 7) is 2.49. The van der Waals surface area contributed by atoms with E-state index in [4.69, 9.17) is 21.1 Å². The van der Waals surface area contributed by atoms with E-state index in [1.54, 1.807) is 0 Å². The molecule has 0 fully saturated rings. The van der Waals surface area contributed by atoms with Crippen LogP contribution in [-0.4, -0.2) is 11.1 Å². The second kappa shape index (κ2) is 5.56. The second-order valence-electron chi connectivity index (χ2n) is 3.85. The molecule has 6 heteroatoms. The van der Waals surface area contributed by atoms with Gasteiger partial charge in [-0.15, -0.1) is 11.3 Å². The fourth-order valence-corrected chi connectivity index (χ4v) is 2.59. The van der Waals surface area contributed by atoms with Crippen LogP contribution < -0.4 is 5.32 Å². The minimum absolute atomic E-state index is 0.140. The molecule has 4 nitrogen and oxygen atoms in total. The molecule has 2 heterocycles. The van der Waals surface area contributed by atoms with Gasteiger partial charge in [0.15, 0.2) is 0 Å². The number of aromatic carboxylic acids is 1. The zero-order valence-electron chi connectivity index (χ0n) is 9.64. The third kappa shape index (κ3) is 3.13. The Balaban J connectivity index is 1.92. The topological polar surface area (TPSA) is 62.5 Å². The molecule has 0 aliphatic heterocycles. The van der Waals surface area contributed by atoms with Gasteiger partial charge in [0.2, 0.25) is 0 Å². The molecule has 0 aromatic carbocycles. The van der Waals surface area contributed by atoms with Crippen molar-refractivity contribution in [3.8, 4) is 0 Å². The molecule has 1 atom stereocenters. The monoisotopic (exact) mass is 285 g/mol. The van der Waals surface area contributed by atoms with Crippen LogP contribution >= 0.6 is 22.9 Å². The lowest BCUT2D eigenvalue weighted by Crippen LogP contribution is -2.16. The number of thiophene rings is 1. The summed E-state index contributed by atoms with van der Waals surface area (Å²) >= 11 is 7.39. The Bertz CT molecular complexity index is 549. The SMILES string of the molecule is CC(NCc1cc(C(=O)O)co1)c1ccc(Cl)s1. The van der Waals surface area contributed by atoms with Crippen molar-refractivity contribution < 1.29 is 14.3 Å². The van der Waals surface area contributed by atoms with Gasteiger partial charge >= 0.3 is 5.97 Å². The fraction of sp³-hybridized carbons (Fsp3) is 0.250. The van der Waals surface area contributed by atoms with E-state index in [1.807, 2.05) is 19.1 Å². The lowest BCUT2D eigenvalue weighted by atomic mass is 10.2. The van der Waals surface area contributed by atoms with Crippen LogP contribution in [0.5, 0.6) is 0 Å². The van der Waals surface area contributed by atoms with E-state index < -0.39 is 5.97 Å². The summed E-state index contributed by atoms with van der Waals surface area (Å²) in [5, 5.41) is 12.0. The first-order chi connectivity index (χ1) is 8.56. The molecule has 0 saturated heterocycles. The molecule has 96 valence electrons. The normalized spacial score (nSPS) is 12.6. The molecule has 18 heavy (non-hydrogen) atoms. The van der Waals surface area contributed by atoms with E-state index in [0.717, 1.165) is 9.21 Å². The third-order valence-corrected chi connectivity index (χ3v) is 3.92. The predicted molar refractivity (Wildman–Crippen MR) is 70.3 cm³/mol. The highest BCUT2D eigenvalue weighted by atomic mass is 35.5. The number of rotatable bonds is 5. The lowest BCUT2D eigenvalue weighted by Gasteiger charge is -2.10. The van der Waals surface area contributed by atoms with Crippen molar-refractivity contribution in [3.05, 3.63) is 45.0 Å². The summed E-state index contributed by atoms with van der Waals surface area (Å²) in [4.78, 5) is 11.8. The van der Waals surface area contributed by atoms with Crippen molar-refractivity contribution in [2.24, 2.45) is 0 Å². The summed E-state index contributed by atoms with van der Waals surface area (Å²) in [6.07, 6.45) is 1.24. The zero-order chi connectivity index (χ0) is 13.1. The maximum absolute atomic E-state index is 10.7. The van der Waals surface area contributed by atoms with E-state index in [-0.39, 0.29) is 11.6 Å². The van der Waals surface area contributed by atoms with E-state index in [2.05, 4.69) is 5.32 Å². The second-order valence-corrected chi connectivity index (χ2v) is 5.60. The molecule has 0 spiro atoms. The Kier molecular flexibility index (Phi) is 4.06. The van der Waals surface area contributed by atoms with E-state index in [9.17, 15) is 4.79 Å². The molecule has 2 aromatic rings. The molecule has 0 bridgehead atoms. The first-order valence-electron chi connectivity index (χ1n) is 5.35. The van der Waals surface area contributed by atoms with Crippen LogP contribution in [0.2, 0.25) is 4.34 Å². The Morgan fingerprint density at radius 2 is 2.39 bits per heavy atom. The van der Waals surface area contributed by atoms with E-state index >= 15 is 0 Å². The van der Waals surface area contributed by atoms with Crippen LogP contribution in [0.4, 0.5) is 0 Å². The zero-order valence-corrected chi connectivity index (χ0v) is 11.2. The summed E-state index contributed by atoms with van der Waals surface area (Å²) in [5.74, 6) is -0.384. The molecule has 2 rings (SSSR count). The van der Waals surface area contributed by atoms with Gasteiger partial charge in [0.05, 0.1) is 16.4 Å². The van der Waals surface area contributed by atoms with Crippen molar-refractivity contribution in [2.45, 2.75) is 19.5 Å². The van der Waals surface area contributed by atoms with Crippen LogP contribution in [0.15, 0.2) is 28.9 Å². The van der Waals surface area contributed by atoms with Crippen LogP contribution in [0.1, 0.15) is 34.0 Å². The highest BCUT2D eigenvalue weighted by Crippen LogP contribution is 2.26. The maximum atomic E-state index is 10.7. The Labute approximate surface area is 113 Å². The molecule has 0 radical (unpaired) electrons. The highest BCUT2D eigenvalue weighted by molar-refractivity contribution is 7.16. The lowest BCUT2D eigenvalue weighted by molar-refractivity contribution is 0.0696. The van der Waals surface area contributed by atoms with Crippen LogP contribution in [0, 0.1) is 0 Å². The molecule has 1 unspecified atom stereocenters. The predicted octanol–water partition coefficient (Wildman–Crippen LogP) is 3.54. The van der Waals surface area contributed by atoms with E-state index in [0.29, 0.717) is 12.3 Å². The summed E-state index contributed by atoms with van der Waals surface area (Å²) in [6, 6.07) is 5.48. The van der Waals surface area contributed by atoms with Gasteiger partial charge in [0.25, 0.3) is 0 Å². The first-order valence-corrected chi connectivity index (χ1v) is 6.55. The Morgan fingerprint density at radius 1 is 1.61 bits per heavy atom. The average Bonchev–Trinajstić information content (AvgIpc) is 2.94. The van der Waals surface area contributed by atoms with Gasteiger partial charge in [-0.2, -0.15) is 0 Å². The van der Waals surface area contributed by atoms with Gasteiger partial charge in [-0.25, -0.2) is 4.79 Å². The third-order valence-electron chi connectivity index (χ3n) is 2.50. The summed E-state index contributed by atoms with van der Waals surface area (Å²) < 4.78 is 5.91. The average molecular weight is 286 g/mol. The van der Waals surface area contributed by atoms with Crippen molar-refractivity contribution in [1.82, 2.24) is 5.32 Å². The van der Waals surface area contributed by atoms with Crippen molar-refractivity contribution in [1.29, 1.82) is 0 Å². The van der Waals surface area contributed by atoms with Gasteiger partial charge in [-0.1, -0.05) is 11.6 Å². The fourth-order valence-electron chi connectivity index (χ4n) is 1.50. The van der Waals surface area contributed by atoms with Gasteiger partial charge in [-0.3, -0.25) is 0 Å². The molecular weight excluding hydrogens is 274 g/mol. The number of halogens is 1. The van der Waals surface area contributed by atoms with Crippen LogP contribution in [-0.2, 0) is 6.54 Å². The smallest absolute Gasteiger partial charge is 0.338 e. The minimum Gasteiger partial charge on any atom is -0.478 e. The number of carboxylic acids is 1. The molecule has 2 aromatic heterocycles. The molecule has 0 aliphatic carbocycles. The number of hydrogen-bond acceptors (Lipinski definition) is 4. The van der Waals surface area contributed by atoms with Gasteiger partial charge in [0.1, 0.15) is 12.0 Å². The van der Waals surface area contributed by atoms with Crippen LogP contribution in [0.25, 0.3) is 0 Å². The maximum Gasteiger partial charge on any atom is 0.338 e. The minimum atomic E-state index is -0.983. The van der Waals surface area contributed by atoms with Crippen molar-refractivity contribution in [2.75, 3.05) is 0 Å². The summed E-state index contributed by atoms with van der Waals surface area (Å²) in [5.41, 5.74) is 0.165. The van der Waals surface area contributed by atoms with E-state index in [1.165, 1.54) is 23.7 Å². The number of furan rings is 1. The quantitative estimate of drug-likeness (QED) is 0.882. The number of nitrogens with one attached hydrogen (secondary N) is 1. The highest BCUT2D eigenvalue weighted by Gasteiger charge is 2.11.